The molecule has 4 heteroatoms. The van der Waals surface area contributed by atoms with Gasteiger partial charge in [-0.3, -0.25) is 0 Å². The molecule has 0 fully saturated rings. The molecule has 0 aliphatic heterocycles. The molecule has 0 bridgehead atoms. The van der Waals surface area contributed by atoms with Gasteiger partial charge in [0.05, 0.1) is 12.2 Å². The highest BCUT2D eigenvalue weighted by atomic mass is 19.3. The Morgan fingerprint density at radius 2 is 2.00 bits per heavy atom. The molecule has 2 N–H and O–H groups in total. The smallest absolute Gasteiger partial charge is 0.260 e. The maximum atomic E-state index is 12.0. The Bertz CT molecular complexity index is 168. The number of hydrogen-bond acceptors (Lipinski definition) is 2. The van der Waals surface area contributed by atoms with E-state index in [2.05, 4.69) is 0 Å². The predicted molar refractivity (Wildman–Crippen MR) is 35.3 cm³/mol. The topological polar surface area (TPSA) is 40.5 Å². The summed E-state index contributed by atoms with van der Waals surface area (Å²) in [7, 11) is 0. The van der Waals surface area contributed by atoms with Gasteiger partial charge >= 0.3 is 0 Å². The molecule has 0 radical (unpaired) electrons. The summed E-state index contributed by atoms with van der Waals surface area (Å²) in [6, 6.07) is 0. The Morgan fingerprint density at radius 3 is 2.45 bits per heavy atom. The number of rotatable bonds is 1. The van der Waals surface area contributed by atoms with Crippen LogP contribution in [0.15, 0.2) is 11.6 Å². The second kappa shape index (κ2) is 3.28. The molecule has 0 amide bonds. The molecule has 1 aliphatic carbocycles. The van der Waals surface area contributed by atoms with Crippen LogP contribution in [-0.4, -0.2) is 28.8 Å². The molecule has 64 valence electrons. The van der Waals surface area contributed by atoms with Crippen molar-refractivity contribution in [2.75, 3.05) is 0 Å². The second-order valence-corrected chi connectivity index (χ2v) is 2.65. The van der Waals surface area contributed by atoms with Gasteiger partial charge in [0.2, 0.25) is 0 Å². The van der Waals surface area contributed by atoms with Gasteiger partial charge in [0.15, 0.2) is 0 Å². The molecule has 0 aromatic heterocycles. The molecule has 2 nitrogen and oxygen atoms in total. The minimum atomic E-state index is -2.50. The van der Waals surface area contributed by atoms with Crippen LogP contribution in [0, 0.1) is 0 Å². The number of halogens is 2. The van der Waals surface area contributed by atoms with Gasteiger partial charge in [-0.2, -0.15) is 0 Å². The summed E-state index contributed by atoms with van der Waals surface area (Å²) in [5.74, 6) is 0. The van der Waals surface area contributed by atoms with Crippen LogP contribution in [0.1, 0.15) is 12.8 Å². The highest BCUT2D eigenvalue weighted by Crippen LogP contribution is 2.23. The highest BCUT2D eigenvalue weighted by molar-refractivity contribution is 5.11. The van der Waals surface area contributed by atoms with E-state index in [9.17, 15) is 8.78 Å². The SMILES string of the molecule is O[C@H]1CC=C(C(F)F)C[C@@H]1O. The van der Waals surface area contributed by atoms with Crippen LogP contribution in [-0.2, 0) is 0 Å². The fourth-order valence-electron chi connectivity index (χ4n) is 1.07. The maximum absolute atomic E-state index is 12.0. The molecular formula is C7H10F2O2. The molecular weight excluding hydrogens is 154 g/mol. The van der Waals surface area contributed by atoms with Crippen LogP contribution < -0.4 is 0 Å². The second-order valence-electron chi connectivity index (χ2n) is 2.65. The third-order valence-electron chi connectivity index (χ3n) is 1.79. The minimum Gasteiger partial charge on any atom is -0.390 e. The van der Waals surface area contributed by atoms with Gasteiger partial charge in [-0.25, -0.2) is 8.78 Å². The molecule has 0 saturated heterocycles. The van der Waals surface area contributed by atoms with Gasteiger partial charge in [-0.05, 0) is 12.0 Å². The first-order valence-electron chi connectivity index (χ1n) is 3.44. The quantitative estimate of drug-likeness (QED) is 0.560. The van der Waals surface area contributed by atoms with E-state index >= 15 is 0 Å². The summed E-state index contributed by atoms with van der Waals surface area (Å²) in [6.07, 6.45) is -3.10. The van der Waals surface area contributed by atoms with Crippen LogP contribution in [0.3, 0.4) is 0 Å². The molecule has 2 atom stereocenters. The first-order valence-corrected chi connectivity index (χ1v) is 3.44. The van der Waals surface area contributed by atoms with E-state index in [1.165, 1.54) is 6.08 Å². The molecule has 0 aromatic rings. The van der Waals surface area contributed by atoms with Crippen molar-refractivity contribution >= 4 is 0 Å². The number of aliphatic hydroxyl groups is 2. The molecule has 11 heavy (non-hydrogen) atoms. The lowest BCUT2D eigenvalue weighted by Crippen LogP contribution is -2.30. The molecule has 0 unspecified atom stereocenters. The fraction of sp³-hybridized carbons (Fsp3) is 0.714. The van der Waals surface area contributed by atoms with Gasteiger partial charge in [-0.1, -0.05) is 6.08 Å². The number of alkyl halides is 2. The highest BCUT2D eigenvalue weighted by Gasteiger charge is 2.25. The normalized spacial score (nSPS) is 32.3. The lowest BCUT2D eigenvalue weighted by Gasteiger charge is -2.22. The lowest BCUT2D eigenvalue weighted by atomic mass is 9.95. The number of aliphatic hydroxyl groups excluding tert-OH is 2. The largest absolute Gasteiger partial charge is 0.390 e. The van der Waals surface area contributed by atoms with Crippen molar-refractivity contribution in [2.24, 2.45) is 0 Å². The van der Waals surface area contributed by atoms with Crippen molar-refractivity contribution in [3.63, 3.8) is 0 Å². The maximum Gasteiger partial charge on any atom is 0.260 e. The zero-order valence-corrected chi connectivity index (χ0v) is 5.87. The Morgan fingerprint density at radius 1 is 1.36 bits per heavy atom. The Kier molecular flexibility index (Phi) is 2.57. The van der Waals surface area contributed by atoms with Crippen molar-refractivity contribution in [3.8, 4) is 0 Å². The Labute approximate surface area is 63.2 Å². The first-order chi connectivity index (χ1) is 5.11. The molecule has 0 saturated carbocycles. The monoisotopic (exact) mass is 164 g/mol. The summed E-state index contributed by atoms with van der Waals surface area (Å²) in [6.45, 7) is 0. The summed E-state index contributed by atoms with van der Waals surface area (Å²) >= 11 is 0. The zero-order valence-electron chi connectivity index (χ0n) is 5.87. The zero-order chi connectivity index (χ0) is 8.43. The first kappa shape index (κ1) is 8.62. The Hall–Kier alpha value is -0.480. The van der Waals surface area contributed by atoms with Crippen LogP contribution in [0.5, 0.6) is 0 Å². The van der Waals surface area contributed by atoms with E-state index in [0.717, 1.165) is 0 Å². The van der Waals surface area contributed by atoms with Crippen molar-refractivity contribution in [1.82, 2.24) is 0 Å². The molecule has 0 spiro atoms. The van der Waals surface area contributed by atoms with E-state index in [1.807, 2.05) is 0 Å². The third-order valence-corrected chi connectivity index (χ3v) is 1.79. The van der Waals surface area contributed by atoms with E-state index in [-0.39, 0.29) is 18.4 Å². The van der Waals surface area contributed by atoms with Crippen molar-refractivity contribution in [3.05, 3.63) is 11.6 Å². The van der Waals surface area contributed by atoms with Gasteiger partial charge in [-0.15, -0.1) is 0 Å². The van der Waals surface area contributed by atoms with E-state index in [4.69, 9.17) is 10.2 Å². The van der Waals surface area contributed by atoms with Crippen molar-refractivity contribution in [1.29, 1.82) is 0 Å². The summed E-state index contributed by atoms with van der Waals surface area (Å²) in [5.41, 5.74) is -0.0669. The van der Waals surface area contributed by atoms with Crippen LogP contribution in [0.25, 0.3) is 0 Å². The third kappa shape index (κ3) is 1.97. The average molecular weight is 164 g/mol. The van der Waals surface area contributed by atoms with Crippen molar-refractivity contribution in [2.45, 2.75) is 31.5 Å². The van der Waals surface area contributed by atoms with E-state index < -0.39 is 18.6 Å². The number of hydrogen-bond donors (Lipinski definition) is 2. The van der Waals surface area contributed by atoms with Crippen molar-refractivity contribution < 1.29 is 19.0 Å². The fourth-order valence-corrected chi connectivity index (χ4v) is 1.07. The van der Waals surface area contributed by atoms with E-state index in [1.54, 1.807) is 0 Å². The lowest BCUT2D eigenvalue weighted by molar-refractivity contribution is 0.0103. The summed E-state index contributed by atoms with van der Waals surface area (Å²) in [5, 5.41) is 17.9. The average Bonchev–Trinajstić information content (AvgIpc) is 1.94. The summed E-state index contributed by atoms with van der Waals surface area (Å²) < 4.78 is 23.9. The van der Waals surface area contributed by atoms with Crippen LogP contribution >= 0.6 is 0 Å². The standard InChI is InChI=1S/C7H10F2O2/c8-7(9)4-1-2-5(10)6(11)3-4/h1,5-7,10-11H,2-3H2/t5-,6-/m0/s1. The predicted octanol–water partition coefficient (Wildman–Crippen LogP) is 0.694. The van der Waals surface area contributed by atoms with Gasteiger partial charge in [0, 0.05) is 6.42 Å². The van der Waals surface area contributed by atoms with Crippen LogP contribution in [0.2, 0.25) is 0 Å². The molecule has 1 aliphatic rings. The van der Waals surface area contributed by atoms with Gasteiger partial charge in [0.25, 0.3) is 6.43 Å². The van der Waals surface area contributed by atoms with E-state index in [0.29, 0.717) is 0 Å². The molecule has 0 heterocycles. The van der Waals surface area contributed by atoms with Crippen LogP contribution in [0.4, 0.5) is 8.78 Å². The Balaban J connectivity index is 2.59. The van der Waals surface area contributed by atoms with Gasteiger partial charge < -0.3 is 10.2 Å². The molecule has 1 rings (SSSR count). The van der Waals surface area contributed by atoms with Gasteiger partial charge in [0.1, 0.15) is 0 Å². The summed E-state index contributed by atoms with van der Waals surface area (Å²) in [4.78, 5) is 0. The minimum absolute atomic E-state index is 0.0669. The molecule has 0 aromatic carbocycles.